The first kappa shape index (κ1) is 21.1. The molecule has 0 aliphatic carbocycles. The number of benzene rings is 2. The van der Waals surface area contributed by atoms with Crippen molar-refractivity contribution in [1.82, 2.24) is 9.62 Å². The van der Waals surface area contributed by atoms with Crippen molar-refractivity contribution in [3.8, 4) is 0 Å². The molecular weight excluding hydrogens is 360 g/mol. The average molecular weight is 389 g/mol. The van der Waals surface area contributed by atoms with E-state index in [1.54, 1.807) is 12.1 Å². The van der Waals surface area contributed by atoms with Crippen LogP contribution in [0.4, 0.5) is 0 Å². The van der Waals surface area contributed by atoms with Gasteiger partial charge in [-0.15, -0.1) is 0 Å². The van der Waals surface area contributed by atoms with Crippen LogP contribution in [0, 0.1) is 5.41 Å². The number of carbonyl (C=O) groups excluding carboxylic acids is 1. The molecule has 2 aromatic rings. The van der Waals surface area contributed by atoms with Gasteiger partial charge in [-0.1, -0.05) is 51.1 Å². The van der Waals surface area contributed by atoms with E-state index in [2.05, 4.69) is 26.1 Å². The number of sulfonamides is 1. The zero-order valence-corrected chi connectivity index (χ0v) is 17.4. The molecule has 0 bridgehead atoms. The van der Waals surface area contributed by atoms with Gasteiger partial charge in [0.05, 0.1) is 10.9 Å². The molecule has 0 aromatic heterocycles. The molecule has 1 amide bonds. The van der Waals surface area contributed by atoms with Crippen molar-refractivity contribution in [1.29, 1.82) is 0 Å². The highest BCUT2D eigenvalue weighted by molar-refractivity contribution is 7.89. The second kappa shape index (κ2) is 8.23. The summed E-state index contributed by atoms with van der Waals surface area (Å²) in [5.41, 5.74) is 1.52. The lowest BCUT2D eigenvalue weighted by Crippen LogP contribution is -2.31. The van der Waals surface area contributed by atoms with Gasteiger partial charge in [-0.3, -0.25) is 4.79 Å². The van der Waals surface area contributed by atoms with E-state index in [1.807, 2.05) is 30.3 Å². The first-order valence-electron chi connectivity index (χ1n) is 8.89. The van der Waals surface area contributed by atoms with E-state index in [-0.39, 0.29) is 22.3 Å². The highest BCUT2D eigenvalue weighted by Crippen LogP contribution is 2.29. The van der Waals surface area contributed by atoms with Gasteiger partial charge in [-0.2, -0.15) is 0 Å². The Morgan fingerprint density at radius 1 is 1.00 bits per heavy atom. The minimum Gasteiger partial charge on any atom is -0.345 e. The first-order valence-corrected chi connectivity index (χ1v) is 10.3. The number of rotatable bonds is 6. The first-order chi connectivity index (χ1) is 12.5. The number of nitrogens with zero attached hydrogens (tertiary/aromatic N) is 1. The Labute approximate surface area is 162 Å². The van der Waals surface area contributed by atoms with Crippen LogP contribution < -0.4 is 5.32 Å². The molecule has 0 spiro atoms. The predicted octanol–water partition coefficient (Wildman–Crippen LogP) is 3.84. The quantitative estimate of drug-likeness (QED) is 0.817. The molecule has 6 heteroatoms. The summed E-state index contributed by atoms with van der Waals surface area (Å²) >= 11 is 0. The number of hydrogen-bond donors (Lipinski definition) is 1. The fraction of sp³-hybridized carbons (Fsp3) is 0.381. The third-order valence-corrected chi connectivity index (χ3v) is 6.05. The molecule has 0 aliphatic rings. The molecule has 2 aromatic carbocycles. The predicted molar refractivity (Wildman–Crippen MR) is 108 cm³/mol. The summed E-state index contributed by atoms with van der Waals surface area (Å²) in [6.45, 7) is 6.40. The van der Waals surface area contributed by atoms with Gasteiger partial charge in [0.1, 0.15) is 0 Å². The van der Waals surface area contributed by atoms with Gasteiger partial charge in [-0.05, 0) is 41.7 Å². The highest BCUT2D eigenvalue weighted by atomic mass is 32.2. The standard InChI is InChI=1S/C21H28N2O3S/c1-21(2,3)15-19(16-9-7-6-8-10-16)22-20(24)17-11-13-18(14-12-17)27(25,26)23(4)5/h6-14,19H,15H2,1-5H3,(H,22,24). The van der Waals surface area contributed by atoms with Crippen LogP contribution in [0.1, 0.15) is 49.2 Å². The van der Waals surface area contributed by atoms with E-state index in [0.29, 0.717) is 5.56 Å². The Morgan fingerprint density at radius 2 is 1.56 bits per heavy atom. The maximum absolute atomic E-state index is 12.7. The van der Waals surface area contributed by atoms with Crippen molar-refractivity contribution in [2.75, 3.05) is 14.1 Å². The minimum absolute atomic E-state index is 0.0391. The molecule has 2 rings (SSSR count). The molecular formula is C21H28N2O3S. The Balaban J connectivity index is 2.22. The second-order valence-corrected chi connectivity index (χ2v) is 10.2. The summed E-state index contributed by atoms with van der Waals surface area (Å²) in [4.78, 5) is 12.9. The van der Waals surface area contributed by atoms with Crippen molar-refractivity contribution >= 4 is 15.9 Å². The van der Waals surface area contributed by atoms with Gasteiger partial charge < -0.3 is 5.32 Å². The summed E-state index contributed by atoms with van der Waals surface area (Å²) < 4.78 is 25.5. The lowest BCUT2D eigenvalue weighted by atomic mass is 9.85. The Morgan fingerprint density at radius 3 is 2.04 bits per heavy atom. The molecule has 0 aliphatic heterocycles. The summed E-state index contributed by atoms with van der Waals surface area (Å²) in [6.07, 6.45) is 0.788. The zero-order chi connectivity index (χ0) is 20.2. The number of hydrogen-bond acceptors (Lipinski definition) is 3. The number of amides is 1. The van der Waals surface area contributed by atoms with Crippen LogP contribution in [0.3, 0.4) is 0 Å². The van der Waals surface area contributed by atoms with Crippen molar-refractivity contribution in [3.05, 3.63) is 65.7 Å². The number of nitrogens with one attached hydrogen (secondary N) is 1. The largest absolute Gasteiger partial charge is 0.345 e. The van der Waals surface area contributed by atoms with Crippen molar-refractivity contribution in [2.45, 2.75) is 38.1 Å². The van der Waals surface area contributed by atoms with Crippen LogP contribution in [0.5, 0.6) is 0 Å². The Hall–Kier alpha value is -2.18. The van der Waals surface area contributed by atoms with Crippen molar-refractivity contribution < 1.29 is 13.2 Å². The molecule has 0 radical (unpaired) electrons. The Bertz CT molecular complexity index is 868. The van der Waals surface area contributed by atoms with Gasteiger partial charge >= 0.3 is 0 Å². The van der Waals surface area contributed by atoms with Crippen LogP contribution in [-0.2, 0) is 10.0 Å². The van der Waals surface area contributed by atoms with Gasteiger partial charge in [0, 0.05) is 19.7 Å². The lowest BCUT2D eigenvalue weighted by Gasteiger charge is -2.27. The van der Waals surface area contributed by atoms with Gasteiger partial charge in [-0.25, -0.2) is 12.7 Å². The lowest BCUT2D eigenvalue weighted by molar-refractivity contribution is 0.0926. The molecule has 27 heavy (non-hydrogen) atoms. The van der Waals surface area contributed by atoms with Crippen LogP contribution in [-0.4, -0.2) is 32.7 Å². The smallest absolute Gasteiger partial charge is 0.251 e. The molecule has 5 nitrogen and oxygen atoms in total. The molecule has 0 saturated carbocycles. The van der Waals surface area contributed by atoms with Crippen LogP contribution >= 0.6 is 0 Å². The van der Waals surface area contributed by atoms with Crippen LogP contribution in [0.2, 0.25) is 0 Å². The third-order valence-electron chi connectivity index (χ3n) is 4.22. The molecule has 1 N–H and O–H groups in total. The highest BCUT2D eigenvalue weighted by Gasteiger charge is 2.23. The fourth-order valence-corrected chi connectivity index (χ4v) is 3.68. The Kier molecular flexibility index (Phi) is 6.44. The van der Waals surface area contributed by atoms with Gasteiger partial charge in [0.25, 0.3) is 5.91 Å². The molecule has 0 fully saturated rings. The van der Waals surface area contributed by atoms with E-state index in [0.717, 1.165) is 16.3 Å². The van der Waals surface area contributed by atoms with Crippen molar-refractivity contribution in [2.24, 2.45) is 5.41 Å². The summed E-state index contributed by atoms with van der Waals surface area (Å²) in [5.74, 6) is -0.220. The average Bonchev–Trinajstić information content (AvgIpc) is 2.60. The molecule has 1 atom stereocenters. The molecule has 0 saturated heterocycles. The van der Waals surface area contributed by atoms with Crippen LogP contribution in [0.15, 0.2) is 59.5 Å². The zero-order valence-electron chi connectivity index (χ0n) is 16.6. The fourth-order valence-electron chi connectivity index (χ4n) is 2.78. The van der Waals surface area contributed by atoms with E-state index in [1.165, 1.54) is 26.2 Å². The van der Waals surface area contributed by atoms with E-state index < -0.39 is 10.0 Å². The van der Waals surface area contributed by atoms with E-state index >= 15 is 0 Å². The van der Waals surface area contributed by atoms with Gasteiger partial charge in [0.15, 0.2) is 0 Å². The maximum atomic E-state index is 12.7. The monoisotopic (exact) mass is 388 g/mol. The topological polar surface area (TPSA) is 66.5 Å². The van der Waals surface area contributed by atoms with Crippen molar-refractivity contribution in [3.63, 3.8) is 0 Å². The SMILES string of the molecule is CN(C)S(=O)(=O)c1ccc(C(=O)NC(CC(C)(C)C)c2ccccc2)cc1. The van der Waals surface area contributed by atoms with Gasteiger partial charge in [0.2, 0.25) is 10.0 Å². The summed E-state index contributed by atoms with van der Waals surface area (Å²) in [6, 6.07) is 15.8. The minimum atomic E-state index is -3.51. The normalized spacial score (nSPS) is 13.4. The summed E-state index contributed by atoms with van der Waals surface area (Å²) in [7, 11) is -0.550. The molecule has 146 valence electrons. The second-order valence-electron chi connectivity index (χ2n) is 8.01. The van der Waals surface area contributed by atoms with E-state index in [4.69, 9.17) is 0 Å². The molecule has 1 unspecified atom stereocenters. The maximum Gasteiger partial charge on any atom is 0.251 e. The summed E-state index contributed by atoms with van der Waals surface area (Å²) in [5, 5.41) is 3.09. The number of carbonyl (C=O) groups is 1. The van der Waals surface area contributed by atoms with Crippen LogP contribution in [0.25, 0.3) is 0 Å². The molecule has 0 heterocycles. The van der Waals surface area contributed by atoms with E-state index in [9.17, 15) is 13.2 Å². The third kappa shape index (κ3) is 5.65.